The number of hydrogen-bond acceptors (Lipinski definition) is 3. The molecule has 2 aromatic rings. The van der Waals surface area contributed by atoms with E-state index in [1.54, 1.807) is 7.11 Å². The smallest absolute Gasteiger partial charge is 0.133 e. The molecule has 3 nitrogen and oxygen atoms in total. The summed E-state index contributed by atoms with van der Waals surface area (Å²) in [6.45, 7) is 2.07. The summed E-state index contributed by atoms with van der Waals surface area (Å²) >= 11 is 3.48. The Morgan fingerprint density at radius 2 is 2.00 bits per heavy atom. The molecule has 0 radical (unpaired) electrons. The van der Waals surface area contributed by atoms with Crippen molar-refractivity contribution in [2.75, 3.05) is 7.11 Å². The summed E-state index contributed by atoms with van der Waals surface area (Å²) in [6, 6.07) is 8.07. The number of ether oxygens (including phenoxy) is 1. The molecule has 1 fully saturated rings. The lowest BCUT2D eigenvalue weighted by Crippen LogP contribution is -1.97. The van der Waals surface area contributed by atoms with Crippen LogP contribution >= 0.6 is 15.9 Å². The van der Waals surface area contributed by atoms with Gasteiger partial charge in [-0.25, -0.2) is 9.97 Å². The van der Waals surface area contributed by atoms with Crippen molar-refractivity contribution in [1.29, 1.82) is 0 Å². The highest BCUT2D eigenvalue weighted by Crippen LogP contribution is 2.40. The van der Waals surface area contributed by atoms with Crippen LogP contribution in [-0.2, 0) is 0 Å². The van der Waals surface area contributed by atoms with E-state index >= 15 is 0 Å². The molecule has 19 heavy (non-hydrogen) atoms. The van der Waals surface area contributed by atoms with Crippen molar-refractivity contribution < 1.29 is 4.74 Å². The lowest BCUT2D eigenvalue weighted by molar-refractivity contribution is 0.416. The van der Waals surface area contributed by atoms with E-state index in [0.29, 0.717) is 5.92 Å². The van der Waals surface area contributed by atoms with E-state index in [1.807, 2.05) is 18.2 Å². The van der Waals surface area contributed by atoms with Crippen molar-refractivity contribution >= 4 is 15.9 Å². The molecule has 1 aromatic heterocycles. The Hall–Kier alpha value is -1.42. The highest BCUT2D eigenvalue weighted by Gasteiger charge is 2.27. The third kappa shape index (κ3) is 2.63. The van der Waals surface area contributed by atoms with E-state index in [-0.39, 0.29) is 0 Å². The van der Waals surface area contributed by atoms with Crippen LogP contribution in [0.1, 0.15) is 30.1 Å². The van der Waals surface area contributed by atoms with Gasteiger partial charge in [0.05, 0.1) is 12.8 Å². The van der Waals surface area contributed by atoms with Crippen LogP contribution in [0.4, 0.5) is 0 Å². The molecule has 1 saturated carbocycles. The number of hydrogen-bond donors (Lipinski definition) is 0. The maximum atomic E-state index is 5.43. The first-order valence-electron chi connectivity index (χ1n) is 6.37. The van der Waals surface area contributed by atoms with E-state index in [2.05, 4.69) is 33.9 Å². The van der Waals surface area contributed by atoms with E-state index in [4.69, 9.17) is 9.72 Å². The van der Waals surface area contributed by atoms with Crippen LogP contribution in [0.15, 0.2) is 28.9 Å². The number of methoxy groups -OCH3 is 1. The number of halogens is 1. The molecule has 0 unspecified atom stereocenters. The quantitative estimate of drug-likeness (QED) is 0.799. The number of rotatable bonds is 3. The standard InChI is InChI=1S/C15H15BrN2O/c1-9-3-6-13(19-2)11(7-9)12-8-14(16)18-15(17-12)10-4-5-10/h3,6-8,10H,4-5H2,1-2H3. The van der Waals surface area contributed by atoms with Crippen molar-refractivity contribution in [3.8, 4) is 17.0 Å². The zero-order valence-corrected chi connectivity index (χ0v) is 12.6. The lowest BCUT2D eigenvalue weighted by Gasteiger charge is -2.10. The average molecular weight is 319 g/mol. The zero-order valence-electron chi connectivity index (χ0n) is 11.0. The minimum Gasteiger partial charge on any atom is -0.496 e. The van der Waals surface area contributed by atoms with Gasteiger partial charge in [0.1, 0.15) is 16.2 Å². The van der Waals surface area contributed by atoms with Crippen molar-refractivity contribution in [1.82, 2.24) is 9.97 Å². The normalized spacial score (nSPS) is 14.5. The van der Waals surface area contributed by atoms with Gasteiger partial charge in [-0.05, 0) is 53.9 Å². The van der Waals surface area contributed by atoms with Crippen molar-refractivity contribution in [2.24, 2.45) is 0 Å². The summed E-state index contributed by atoms with van der Waals surface area (Å²) in [5.41, 5.74) is 3.13. The van der Waals surface area contributed by atoms with Gasteiger partial charge in [0, 0.05) is 11.5 Å². The van der Waals surface area contributed by atoms with Crippen molar-refractivity contribution in [2.45, 2.75) is 25.7 Å². The highest BCUT2D eigenvalue weighted by molar-refractivity contribution is 9.10. The number of nitrogens with zero attached hydrogens (tertiary/aromatic N) is 2. The van der Waals surface area contributed by atoms with E-state index in [9.17, 15) is 0 Å². The second-order valence-corrected chi connectivity index (χ2v) is 5.72. The summed E-state index contributed by atoms with van der Waals surface area (Å²) in [7, 11) is 1.69. The molecule has 1 heterocycles. The molecule has 1 aliphatic rings. The minimum atomic E-state index is 0.534. The second kappa shape index (κ2) is 4.93. The monoisotopic (exact) mass is 318 g/mol. The molecule has 0 atom stereocenters. The fraction of sp³-hybridized carbons (Fsp3) is 0.333. The second-order valence-electron chi connectivity index (χ2n) is 4.91. The van der Waals surface area contributed by atoms with Crippen LogP contribution < -0.4 is 4.74 Å². The molecule has 1 aromatic carbocycles. The van der Waals surface area contributed by atoms with Crippen LogP contribution in [0.2, 0.25) is 0 Å². The van der Waals surface area contributed by atoms with Gasteiger partial charge in [-0.2, -0.15) is 0 Å². The Kier molecular flexibility index (Phi) is 3.27. The molecular formula is C15H15BrN2O. The summed E-state index contributed by atoms with van der Waals surface area (Å²) in [5, 5.41) is 0. The predicted molar refractivity (Wildman–Crippen MR) is 78.4 cm³/mol. The number of benzene rings is 1. The molecule has 0 saturated heterocycles. The summed E-state index contributed by atoms with van der Waals surface area (Å²) in [4.78, 5) is 9.16. The van der Waals surface area contributed by atoms with Crippen molar-refractivity contribution in [3.63, 3.8) is 0 Å². The Morgan fingerprint density at radius 1 is 1.21 bits per heavy atom. The Morgan fingerprint density at radius 3 is 2.68 bits per heavy atom. The third-order valence-electron chi connectivity index (χ3n) is 3.29. The summed E-state index contributed by atoms with van der Waals surface area (Å²) < 4.78 is 6.27. The van der Waals surface area contributed by atoms with Gasteiger partial charge in [-0.15, -0.1) is 0 Å². The van der Waals surface area contributed by atoms with Gasteiger partial charge in [0.2, 0.25) is 0 Å². The number of aromatic nitrogens is 2. The van der Waals surface area contributed by atoms with Gasteiger partial charge >= 0.3 is 0 Å². The van der Waals surface area contributed by atoms with Crippen LogP contribution in [0.3, 0.4) is 0 Å². The molecule has 3 rings (SSSR count). The lowest BCUT2D eigenvalue weighted by atomic mass is 10.1. The molecule has 0 amide bonds. The van der Waals surface area contributed by atoms with Crippen LogP contribution in [0.5, 0.6) is 5.75 Å². The molecule has 0 bridgehead atoms. The average Bonchev–Trinajstić information content (AvgIpc) is 3.22. The van der Waals surface area contributed by atoms with Crippen LogP contribution in [0.25, 0.3) is 11.3 Å². The molecule has 4 heteroatoms. The van der Waals surface area contributed by atoms with Gasteiger partial charge in [-0.1, -0.05) is 11.6 Å². The Balaban J connectivity index is 2.12. The first-order valence-corrected chi connectivity index (χ1v) is 7.16. The fourth-order valence-corrected chi connectivity index (χ4v) is 2.52. The Bertz CT molecular complexity index is 624. The molecule has 0 spiro atoms. The van der Waals surface area contributed by atoms with Crippen LogP contribution in [0, 0.1) is 6.92 Å². The van der Waals surface area contributed by atoms with Gasteiger partial charge < -0.3 is 4.74 Å². The highest BCUT2D eigenvalue weighted by atomic mass is 79.9. The first-order chi connectivity index (χ1) is 9.17. The zero-order chi connectivity index (χ0) is 13.4. The molecule has 1 aliphatic carbocycles. The topological polar surface area (TPSA) is 35.0 Å². The minimum absolute atomic E-state index is 0.534. The Labute approximate surface area is 121 Å². The fourth-order valence-electron chi connectivity index (χ4n) is 2.12. The van der Waals surface area contributed by atoms with Crippen LogP contribution in [-0.4, -0.2) is 17.1 Å². The molecule has 0 aliphatic heterocycles. The first kappa shape index (κ1) is 12.6. The largest absolute Gasteiger partial charge is 0.496 e. The number of aryl methyl sites for hydroxylation is 1. The summed E-state index contributed by atoms with van der Waals surface area (Å²) in [5.74, 6) is 2.32. The van der Waals surface area contributed by atoms with Gasteiger partial charge in [0.25, 0.3) is 0 Å². The third-order valence-corrected chi connectivity index (χ3v) is 3.69. The van der Waals surface area contributed by atoms with Crippen molar-refractivity contribution in [3.05, 3.63) is 40.3 Å². The summed E-state index contributed by atoms with van der Waals surface area (Å²) in [6.07, 6.45) is 2.39. The van der Waals surface area contributed by atoms with E-state index < -0.39 is 0 Å². The van der Waals surface area contributed by atoms with E-state index in [1.165, 1.54) is 18.4 Å². The predicted octanol–water partition coefficient (Wildman–Crippen LogP) is 4.10. The van der Waals surface area contributed by atoms with Gasteiger partial charge in [-0.3, -0.25) is 0 Å². The SMILES string of the molecule is COc1ccc(C)cc1-c1cc(Br)nc(C2CC2)n1. The maximum absolute atomic E-state index is 5.43. The molecule has 0 N–H and O–H groups in total. The molecule has 98 valence electrons. The molecular weight excluding hydrogens is 304 g/mol. The van der Waals surface area contributed by atoms with Gasteiger partial charge in [0.15, 0.2) is 0 Å². The van der Waals surface area contributed by atoms with E-state index in [0.717, 1.165) is 27.4 Å². The maximum Gasteiger partial charge on any atom is 0.133 e.